The van der Waals surface area contributed by atoms with Crippen LogP contribution in [0.2, 0.25) is 0 Å². The number of nitrogens with two attached hydrogens (primary N) is 1. The zero-order valence-electron chi connectivity index (χ0n) is 11.1. The third kappa shape index (κ3) is 2.52. The average Bonchev–Trinajstić information content (AvgIpc) is 2.76. The van der Waals surface area contributed by atoms with Gasteiger partial charge in [-0.2, -0.15) is 0 Å². The van der Waals surface area contributed by atoms with Crippen LogP contribution in [0.4, 0.5) is 0 Å². The summed E-state index contributed by atoms with van der Waals surface area (Å²) in [4.78, 5) is 18.6. The molecule has 1 heterocycles. The molecule has 0 saturated heterocycles. The Balaban J connectivity index is 1.75. The summed E-state index contributed by atoms with van der Waals surface area (Å²) in [6, 6.07) is -0.866. The Morgan fingerprint density at radius 2 is 2.05 bits per heavy atom. The normalized spacial score (nSPS) is 27.4. The van der Waals surface area contributed by atoms with Gasteiger partial charge in [-0.1, -0.05) is 12.8 Å². The third-order valence-electron chi connectivity index (χ3n) is 4.63. The summed E-state index contributed by atoms with van der Waals surface area (Å²) < 4.78 is 0. The van der Waals surface area contributed by atoms with E-state index >= 15 is 0 Å². The molecule has 1 aromatic heterocycles. The maximum atomic E-state index is 10.8. The molecule has 1 fully saturated rings. The van der Waals surface area contributed by atoms with E-state index in [2.05, 4.69) is 9.97 Å². The lowest BCUT2D eigenvalue weighted by atomic mass is 9.71. The second-order valence-electron chi connectivity index (χ2n) is 5.97. The van der Waals surface area contributed by atoms with Crippen LogP contribution in [0.1, 0.15) is 42.9 Å². The van der Waals surface area contributed by atoms with E-state index in [0.717, 1.165) is 36.2 Å². The van der Waals surface area contributed by atoms with Gasteiger partial charge in [0.25, 0.3) is 0 Å². The minimum absolute atomic E-state index is 0.289. The second-order valence-corrected chi connectivity index (χ2v) is 5.97. The molecule has 5 heteroatoms. The molecule has 0 bridgehead atoms. The number of carboxylic acids is 1. The standard InChI is InChI=1S/C14H21N3O2/c15-10(14(18)19)7-13-16-11-5-8-3-1-2-4-9(8)6-12(11)17-13/h8-10H,1-7,15H2,(H,16,17)(H,18,19)/t8?,9?,10-/m1/s1. The predicted molar refractivity (Wildman–Crippen MR) is 70.8 cm³/mol. The Labute approximate surface area is 112 Å². The fourth-order valence-corrected chi connectivity index (χ4v) is 3.57. The molecule has 19 heavy (non-hydrogen) atoms. The van der Waals surface area contributed by atoms with E-state index < -0.39 is 12.0 Å². The van der Waals surface area contributed by atoms with Crippen molar-refractivity contribution in [1.82, 2.24) is 9.97 Å². The van der Waals surface area contributed by atoms with Gasteiger partial charge >= 0.3 is 5.97 Å². The lowest BCUT2D eigenvalue weighted by molar-refractivity contribution is -0.138. The van der Waals surface area contributed by atoms with Gasteiger partial charge in [0.05, 0.1) is 5.69 Å². The minimum atomic E-state index is -0.969. The largest absolute Gasteiger partial charge is 0.480 e. The van der Waals surface area contributed by atoms with Crippen LogP contribution in [0.5, 0.6) is 0 Å². The van der Waals surface area contributed by atoms with Gasteiger partial charge in [0.1, 0.15) is 11.9 Å². The molecule has 0 spiro atoms. The van der Waals surface area contributed by atoms with Gasteiger partial charge in [0.15, 0.2) is 0 Å². The molecule has 0 aliphatic heterocycles. The summed E-state index contributed by atoms with van der Waals surface area (Å²) in [5.41, 5.74) is 7.93. The number of hydrogen-bond donors (Lipinski definition) is 3. The lowest BCUT2D eigenvalue weighted by Gasteiger charge is -2.34. The van der Waals surface area contributed by atoms with Gasteiger partial charge in [-0.25, -0.2) is 4.98 Å². The topological polar surface area (TPSA) is 92.0 Å². The number of aliphatic carboxylic acids is 1. The van der Waals surface area contributed by atoms with Crippen molar-refractivity contribution in [2.24, 2.45) is 17.6 Å². The Morgan fingerprint density at radius 1 is 1.37 bits per heavy atom. The zero-order valence-corrected chi connectivity index (χ0v) is 11.1. The number of aromatic nitrogens is 2. The number of rotatable bonds is 3. The van der Waals surface area contributed by atoms with Crippen molar-refractivity contribution in [3.8, 4) is 0 Å². The van der Waals surface area contributed by atoms with Crippen molar-refractivity contribution in [3.05, 3.63) is 17.2 Å². The van der Waals surface area contributed by atoms with Crippen molar-refractivity contribution in [2.75, 3.05) is 0 Å². The Bertz CT molecular complexity index is 452. The lowest BCUT2D eigenvalue weighted by Crippen LogP contribution is -2.32. The summed E-state index contributed by atoms with van der Waals surface area (Å²) in [7, 11) is 0. The number of imidazole rings is 1. The van der Waals surface area contributed by atoms with E-state index in [4.69, 9.17) is 10.8 Å². The summed E-state index contributed by atoms with van der Waals surface area (Å²) in [5.74, 6) is 1.34. The van der Waals surface area contributed by atoms with Gasteiger partial charge in [0, 0.05) is 12.1 Å². The molecule has 3 rings (SSSR count). The maximum absolute atomic E-state index is 10.8. The smallest absolute Gasteiger partial charge is 0.320 e. The highest BCUT2D eigenvalue weighted by atomic mass is 16.4. The van der Waals surface area contributed by atoms with E-state index in [1.807, 2.05) is 0 Å². The molecule has 5 nitrogen and oxygen atoms in total. The molecule has 0 amide bonds. The molecule has 2 unspecified atom stereocenters. The van der Waals surface area contributed by atoms with Crippen LogP contribution in [-0.2, 0) is 24.1 Å². The predicted octanol–water partition coefficient (Wildman–Crippen LogP) is 1.27. The quantitative estimate of drug-likeness (QED) is 0.765. The average molecular weight is 263 g/mol. The van der Waals surface area contributed by atoms with Crippen molar-refractivity contribution in [2.45, 2.75) is 51.0 Å². The molecule has 0 radical (unpaired) electrons. The molecule has 0 aromatic carbocycles. The van der Waals surface area contributed by atoms with Gasteiger partial charge < -0.3 is 15.8 Å². The summed E-state index contributed by atoms with van der Waals surface area (Å²) in [5, 5.41) is 8.85. The van der Waals surface area contributed by atoms with Crippen LogP contribution >= 0.6 is 0 Å². The van der Waals surface area contributed by atoms with Crippen molar-refractivity contribution >= 4 is 5.97 Å². The van der Waals surface area contributed by atoms with Gasteiger partial charge in [-0.05, 0) is 37.5 Å². The first kappa shape index (κ1) is 12.7. The molecule has 3 atom stereocenters. The maximum Gasteiger partial charge on any atom is 0.320 e. The minimum Gasteiger partial charge on any atom is -0.480 e. The summed E-state index contributed by atoms with van der Waals surface area (Å²) in [6.07, 6.45) is 7.76. The first-order chi connectivity index (χ1) is 9.13. The number of carboxylic acid groups (broad SMARTS) is 1. The van der Waals surface area contributed by atoms with E-state index in [9.17, 15) is 4.79 Å². The van der Waals surface area contributed by atoms with Crippen LogP contribution in [-0.4, -0.2) is 27.1 Å². The first-order valence-electron chi connectivity index (χ1n) is 7.18. The zero-order chi connectivity index (χ0) is 13.4. The van der Waals surface area contributed by atoms with E-state index in [-0.39, 0.29) is 6.42 Å². The summed E-state index contributed by atoms with van der Waals surface area (Å²) in [6.45, 7) is 0. The third-order valence-corrected chi connectivity index (χ3v) is 4.63. The molecule has 2 aliphatic carbocycles. The van der Waals surface area contributed by atoms with Gasteiger partial charge in [-0.15, -0.1) is 0 Å². The number of carbonyl (C=O) groups is 1. The highest BCUT2D eigenvalue weighted by molar-refractivity contribution is 5.73. The fourth-order valence-electron chi connectivity index (χ4n) is 3.57. The van der Waals surface area contributed by atoms with Gasteiger partial charge in [-0.3, -0.25) is 4.79 Å². The first-order valence-corrected chi connectivity index (χ1v) is 7.18. The van der Waals surface area contributed by atoms with Crippen molar-refractivity contribution < 1.29 is 9.90 Å². The number of nitrogens with one attached hydrogen (secondary N) is 1. The Morgan fingerprint density at radius 3 is 2.74 bits per heavy atom. The number of nitrogens with zero attached hydrogens (tertiary/aromatic N) is 1. The fraction of sp³-hybridized carbons (Fsp3) is 0.714. The number of hydrogen-bond acceptors (Lipinski definition) is 3. The molecular weight excluding hydrogens is 242 g/mol. The van der Waals surface area contributed by atoms with Crippen LogP contribution in [0.15, 0.2) is 0 Å². The van der Waals surface area contributed by atoms with Gasteiger partial charge in [0.2, 0.25) is 0 Å². The SMILES string of the molecule is N[C@H](Cc1nc2c([nH]1)CC1CCCCC1C2)C(=O)O. The Kier molecular flexibility index (Phi) is 3.31. The molecule has 4 N–H and O–H groups in total. The van der Waals surface area contributed by atoms with Crippen LogP contribution in [0, 0.1) is 11.8 Å². The highest BCUT2D eigenvalue weighted by Crippen LogP contribution is 2.38. The van der Waals surface area contributed by atoms with E-state index in [1.165, 1.54) is 31.4 Å². The van der Waals surface area contributed by atoms with Crippen molar-refractivity contribution in [3.63, 3.8) is 0 Å². The highest BCUT2D eigenvalue weighted by Gasteiger charge is 2.32. The van der Waals surface area contributed by atoms with Crippen molar-refractivity contribution in [1.29, 1.82) is 0 Å². The molecular formula is C14H21N3O2. The van der Waals surface area contributed by atoms with Crippen LogP contribution < -0.4 is 5.73 Å². The number of H-pyrrole nitrogens is 1. The van der Waals surface area contributed by atoms with E-state index in [0.29, 0.717) is 0 Å². The number of fused-ring (bicyclic) bond motifs is 2. The monoisotopic (exact) mass is 263 g/mol. The number of aromatic amines is 1. The Hall–Kier alpha value is -1.36. The summed E-state index contributed by atoms with van der Waals surface area (Å²) >= 11 is 0. The molecule has 2 aliphatic rings. The van der Waals surface area contributed by atoms with Crippen LogP contribution in [0.25, 0.3) is 0 Å². The molecule has 1 saturated carbocycles. The van der Waals surface area contributed by atoms with E-state index in [1.54, 1.807) is 0 Å². The van der Waals surface area contributed by atoms with Crippen LogP contribution in [0.3, 0.4) is 0 Å². The second kappa shape index (κ2) is 4.96. The molecule has 1 aromatic rings. The molecule has 104 valence electrons.